The molecule has 0 atom stereocenters. The molecule has 0 saturated carbocycles. The summed E-state index contributed by atoms with van der Waals surface area (Å²) in [5, 5.41) is 10.4. The number of aryl methyl sites for hydroxylation is 2. The summed E-state index contributed by atoms with van der Waals surface area (Å²) >= 11 is 0. The largest absolute Gasteiger partial charge is 0.355 e. The maximum atomic E-state index is 12.9. The van der Waals surface area contributed by atoms with Crippen molar-refractivity contribution in [2.45, 2.75) is 53.5 Å². The molecule has 0 aliphatic carbocycles. The van der Waals surface area contributed by atoms with E-state index in [2.05, 4.69) is 60.2 Å². The van der Waals surface area contributed by atoms with Crippen molar-refractivity contribution in [3.8, 4) is 22.7 Å². The highest BCUT2D eigenvalue weighted by Gasteiger charge is 2.30. The fourth-order valence-corrected chi connectivity index (χ4v) is 4.50. The smallest absolute Gasteiger partial charge is 0.274 e. The predicted octanol–water partition coefficient (Wildman–Crippen LogP) is 3.88. The van der Waals surface area contributed by atoms with Gasteiger partial charge in [-0.3, -0.25) is 4.79 Å². The molecule has 7 nitrogen and oxygen atoms in total. The lowest BCUT2D eigenvalue weighted by molar-refractivity contribution is 0.0947. The Morgan fingerprint density at radius 2 is 2.06 bits per heavy atom. The van der Waals surface area contributed by atoms with Gasteiger partial charge in [-0.05, 0) is 49.4 Å². The van der Waals surface area contributed by atoms with Gasteiger partial charge in [-0.25, -0.2) is 4.98 Å². The van der Waals surface area contributed by atoms with E-state index in [-0.39, 0.29) is 11.6 Å². The van der Waals surface area contributed by atoms with Gasteiger partial charge >= 0.3 is 0 Å². The van der Waals surface area contributed by atoms with Gasteiger partial charge in [0.2, 0.25) is 0 Å². The highest BCUT2D eigenvalue weighted by Crippen LogP contribution is 2.39. The Kier molecular flexibility index (Phi) is 5.71. The standard InChI is InChI=1S/C24H31N5O2/c1-7-26-24(30)21-20(23-27-18-12-25-9-8-19(18)29(23)6)22(31-28-21)17-11-16(13(2)3)14(4)10-15(17)5/h10-11,13,25H,7-9,12H2,1-6H3,(H,26,30). The summed E-state index contributed by atoms with van der Waals surface area (Å²) in [5.41, 5.74) is 7.68. The molecule has 1 aliphatic heterocycles. The van der Waals surface area contributed by atoms with Crippen molar-refractivity contribution >= 4 is 5.91 Å². The molecule has 164 valence electrons. The van der Waals surface area contributed by atoms with Crippen LogP contribution in [0.4, 0.5) is 0 Å². The van der Waals surface area contributed by atoms with Gasteiger partial charge in [0.15, 0.2) is 11.5 Å². The summed E-state index contributed by atoms with van der Waals surface area (Å²) in [5.74, 6) is 1.44. The van der Waals surface area contributed by atoms with Crippen LogP contribution in [0.3, 0.4) is 0 Å². The second kappa shape index (κ2) is 8.30. The zero-order valence-corrected chi connectivity index (χ0v) is 19.2. The Balaban J connectivity index is 1.97. The van der Waals surface area contributed by atoms with E-state index in [0.29, 0.717) is 23.8 Å². The van der Waals surface area contributed by atoms with Crippen molar-refractivity contribution in [3.05, 3.63) is 45.9 Å². The molecule has 0 radical (unpaired) electrons. The zero-order valence-electron chi connectivity index (χ0n) is 19.2. The average Bonchev–Trinajstić information content (AvgIpc) is 3.29. The Morgan fingerprint density at radius 1 is 1.29 bits per heavy atom. The van der Waals surface area contributed by atoms with E-state index in [1.807, 2.05) is 14.0 Å². The van der Waals surface area contributed by atoms with Gasteiger partial charge in [-0.2, -0.15) is 0 Å². The van der Waals surface area contributed by atoms with Crippen LogP contribution in [0.15, 0.2) is 16.7 Å². The SMILES string of the molecule is CCNC(=O)c1noc(-c2cc(C(C)C)c(C)cc2C)c1-c1nc2c(n1C)CCNC2. The van der Waals surface area contributed by atoms with E-state index in [0.717, 1.165) is 42.2 Å². The highest BCUT2D eigenvalue weighted by atomic mass is 16.5. The predicted molar refractivity (Wildman–Crippen MR) is 121 cm³/mol. The Bertz CT molecular complexity index is 1140. The van der Waals surface area contributed by atoms with Crippen molar-refractivity contribution in [1.82, 2.24) is 25.3 Å². The fraction of sp³-hybridized carbons (Fsp3) is 0.458. The van der Waals surface area contributed by atoms with Crippen LogP contribution in [0, 0.1) is 13.8 Å². The van der Waals surface area contributed by atoms with Gasteiger partial charge in [0.1, 0.15) is 5.82 Å². The van der Waals surface area contributed by atoms with Gasteiger partial charge in [0, 0.05) is 44.4 Å². The van der Waals surface area contributed by atoms with Crippen molar-refractivity contribution in [2.75, 3.05) is 13.1 Å². The molecule has 2 aromatic heterocycles. The molecular weight excluding hydrogens is 390 g/mol. The molecule has 1 amide bonds. The molecule has 0 bridgehead atoms. The first-order chi connectivity index (χ1) is 14.8. The monoisotopic (exact) mass is 421 g/mol. The van der Waals surface area contributed by atoms with E-state index >= 15 is 0 Å². The normalized spacial score (nSPS) is 13.5. The number of carbonyl (C=O) groups is 1. The number of hydrogen-bond acceptors (Lipinski definition) is 5. The minimum atomic E-state index is -0.250. The number of benzene rings is 1. The van der Waals surface area contributed by atoms with Crippen molar-refractivity contribution < 1.29 is 9.32 Å². The summed E-state index contributed by atoms with van der Waals surface area (Å²) in [6.45, 7) is 12.6. The lowest BCUT2D eigenvalue weighted by atomic mass is 9.91. The van der Waals surface area contributed by atoms with Crippen LogP contribution < -0.4 is 10.6 Å². The molecule has 4 rings (SSSR count). The summed E-state index contributed by atoms with van der Waals surface area (Å²) in [6.07, 6.45) is 0.900. The molecule has 1 aliphatic rings. The topological polar surface area (TPSA) is 85.0 Å². The minimum absolute atomic E-state index is 0.250. The van der Waals surface area contributed by atoms with Crippen LogP contribution in [0.5, 0.6) is 0 Å². The third-order valence-electron chi connectivity index (χ3n) is 6.08. The van der Waals surface area contributed by atoms with Crippen molar-refractivity contribution in [2.24, 2.45) is 7.05 Å². The average molecular weight is 422 g/mol. The van der Waals surface area contributed by atoms with Crippen LogP contribution in [0.1, 0.15) is 65.3 Å². The van der Waals surface area contributed by atoms with E-state index in [1.165, 1.54) is 16.8 Å². The summed E-state index contributed by atoms with van der Waals surface area (Å²) in [4.78, 5) is 17.8. The second-order valence-corrected chi connectivity index (χ2v) is 8.59. The van der Waals surface area contributed by atoms with E-state index in [9.17, 15) is 4.79 Å². The summed E-state index contributed by atoms with van der Waals surface area (Å²) in [7, 11) is 2.01. The van der Waals surface area contributed by atoms with E-state index in [1.54, 1.807) is 0 Å². The van der Waals surface area contributed by atoms with Gasteiger partial charge in [-0.15, -0.1) is 0 Å². The number of rotatable bonds is 5. The first-order valence-electron chi connectivity index (χ1n) is 11.0. The summed E-state index contributed by atoms with van der Waals surface area (Å²) in [6, 6.07) is 4.35. The van der Waals surface area contributed by atoms with Crippen LogP contribution in [-0.4, -0.2) is 33.7 Å². The molecule has 0 saturated heterocycles. The van der Waals surface area contributed by atoms with Gasteiger partial charge in [0.25, 0.3) is 5.91 Å². The molecule has 7 heteroatoms. The Hall–Kier alpha value is -2.93. The molecular formula is C24H31N5O2. The Labute approximate surface area is 183 Å². The maximum absolute atomic E-state index is 12.9. The number of amides is 1. The molecule has 0 fully saturated rings. The second-order valence-electron chi connectivity index (χ2n) is 8.59. The first-order valence-corrected chi connectivity index (χ1v) is 11.0. The molecule has 1 aromatic carbocycles. The fourth-order valence-electron chi connectivity index (χ4n) is 4.50. The number of carbonyl (C=O) groups excluding carboxylic acids is 1. The zero-order chi connectivity index (χ0) is 22.3. The summed E-state index contributed by atoms with van der Waals surface area (Å²) < 4.78 is 7.95. The number of imidazole rings is 1. The molecule has 3 aromatic rings. The van der Waals surface area contributed by atoms with Crippen LogP contribution in [0.2, 0.25) is 0 Å². The van der Waals surface area contributed by atoms with E-state index in [4.69, 9.17) is 9.51 Å². The first kappa shape index (κ1) is 21.3. The lowest BCUT2D eigenvalue weighted by Gasteiger charge is -2.15. The number of hydrogen-bond donors (Lipinski definition) is 2. The van der Waals surface area contributed by atoms with Crippen molar-refractivity contribution in [1.29, 1.82) is 0 Å². The molecule has 3 heterocycles. The minimum Gasteiger partial charge on any atom is -0.355 e. The third-order valence-corrected chi connectivity index (χ3v) is 6.08. The van der Waals surface area contributed by atoms with Crippen LogP contribution in [-0.2, 0) is 20.0 Å². The maximum Gasteiger partial charge on any atom is 0.274 e. The van der Waals surface area contributed by atoms with Gasteiger partial charge in [-0.1, -0.05) is 25.1 Å². The number of aromatic nitrogens is 3. The molecule has 0 unspecified atom stereocenters. The van der Waals surface area contributed by atoms with Crippen molar-refractivity contribution in [3.63, 3.8) is 0 Å². The molecule has 2 N–H and O–H groups in total. The van der Waals surface area contributed by atoms with Crippen LogP contribution in [0.25, 0.3) is 22.7 Å². The Morgan fingerprint density at radius 3 is 2.74 bits per heavy atom. The quantitative estimate of drug-likeness (QED) is 0.653. The lowest BCUT2D eigenvalue weighted by Crippen LogP contribution is -2.24. The number of nitrogens with one attached hydrogen (secondary N) is 2. The third kappa shape index (κ3) is 3.67. The number of nitrogens with zero attached hydrogens (tertiary/aromatic N) is 3. The highest BCUT2D eigenvalue weighted by molar-refractivity contribution is 6.01. The van der Waals surface area contributed by atoms with Crippen LogP contribution >= 0.6 is 0 Å². The number of fused-ring (bicyclic) bond motifs is 1. The molecule has 31 heavy (non-hydrogen) atoms. The van der Waals surface area contributed by atoms with E-state index < -0.39 is 0 Å². The van der Waals surface area contributed by atoms with Gasteiger partial charge in [0.05, 0.1) is 11.3 Å². The molecule has 0 spiro atoms. The van der Waals surface area contributed by atoms with Gasteiger partial charge < -0.3 is 19.7 Å².